The van der Waals surface area contributed by atoms with Crippen LogP contribution < -0.4 is 24.7 Å². The number of ether oxygens (including phenoxy) is 4. The SMILES string of the molecule is COc1cc(OCC(N)CO)cc(OC)c1OC. The molecular formula is C12H19NO5. The molecule has 102 valence electrons. The number of benzene rings is 1. The second-order valence-electron chi connectivity index (χ2n) is 3.61. The van der Waals surface area contributed by atoms with Crippen LogP contribution in [-0.4, -0.2) is 45.7 Å². The van der Waals surface area contributed by atoms with Gasteiger partial charge in [-0.25, -0.2) is 0 Å². The number of aliphatic hydroxyl groups is 1. The summed E-state index contributed by atoms with van der Waals surface area (Å²) in [6, 6.07) is 2.92. The summed E-state index contributed by atoms with van der Waals surface area (Å²) >= 11 is 0. The summed E-state index contributed by atoms with van der Waals surface area (Å²) in [6.45, 7) is 0.0690. The van der Waals surface area contributed by atoms with Gasteiger partial charge in [0.1, 0.15) is 12.4 Å². The average molecular weight is 257 g/mol. The van der Waals surface area contributed by atoms with Gasteiger partial charge in [0.15, 0.2) is 11.5 Å². The number of hydrogen-bond acceptors (Lipinski definition) is 6. The summed E-state index contributed by atoms with van der Waals surface area (Å²) in [6.07, 6.45) is 0. The smallest absolute Gasteiger partial charge is 0.203 e. The fraction of sp³-hybridized carbons (Fsp3) is 0.500. The van der Waals surface area contributed by atoms with Gasteiger partial charge < -0.3 is 29.8 Å². The largest absolute Gasteiger partial charge is 0.493 e. The zero-order chi connectivity index (χ0) is 13.5. The van der Waals surface area contributed by atoms with E-state index >= 15 is 0 Å². The highest BCUT2D eigenvalue weighted by Crippen LogP contribution is 2.40. The van der Waals surface area contributed by atoms with Crippen LogP contribution in [0.25, 0.3) is 0 Å². The maximum Gasteiger partial charge on any atom is 0.203 e. The molecule has 0 saturated carbocycles. The topological polar surface area (TPSA) is 83.2 Å². The molecule has 6 heteroatoms. The van der Waals surface area contributed by atoms with Gasteiger partial charge in [0.2, 0.25) is 5.75 Å². The highest BCUT2D eigenvalue weighted by molar-refractivity contribution is 5.55. The summed E-state index contributed by atoms with van der Waals surface area (Å²) in [5, 5.41) is 8.82. The number of nitrogens with two attached hydrogens (primary N) is 1. The van der Waals surface area contributed by atoms with E-state index in [1.54, 1.807) is 12.1 Å². The molecule has 1 aromatic carbocycles. The van der Waals surface area contributed by atoms with Crippen molar-refractivity contribution < 1.29 is 24.1 Å². The van der Waals surface area contributed by atoms with Gasteiger partial charge in [-0.3, -0.25) is 0 Å². The predicted octanol–water partition coefficient (Wildman–Crippen LogP) is 0.411. The Morgan fingerprint density at radius 2 is 1.67 bits per heavy atom. The van der Waals surface area contributed by atoms with Crippen molar-refractivity contribution in [3.63, 3.8) is 0 Å². The lowest BCUT2D eigenvalue weighted by Crippen LogP contribution is -2.31. The third-order valence-corrected chi connectivity index (χ3v) is 2.34. The summed E-state index contributed by atoms with van der Waals surface area (Å²) in [7, 11) is 4.59. The van der Waals surface area contributed by atoms with Crippen molar-refractivity contribution in [2.45, 2.75) is 6.04 Å². The molecule has 18 heavy (non-hydrogen) atoms. The number of methoxy groups -OCH3 is 3. The maximum atomic E-state index is 8.82. The summed E-state index contributed by atoms with van der Waals surface area (Å²) in [5.41, 5.74) is 5.56. The van der Waals surface area contributed by atoms with Crippen molar-refractivity contribution in [2.75, 3.05) is 34.5 Å². The van der Waals surface area contributed by atoms with Crippen molar-refractivity contribution >= 4 is 0 Å². The molecule has 0 radical (unpaired) electrons. The Bertz CT molecular complexity index is 358. The van der Waals surface area contributed by atoms with Gasteiger partial charge in [0.25, 0.3) is 0 Å². The Balaban J connectivity index is 2.93. The molecule has 0 aliphatic heterocycles. The van der Waals surface area contributed by atoms with E-state index in [4.69, 9.17) is 29.8 Å². The molecule has 0 amide bonds. The van der Waals surface area contributed by atoms with E-state index in [0.29, 0.717) is 23.0 Å². The maximum absolute atomic E-state index is 8.82. The quantitative estimate of drug-likeness (QED) is 0.736. The molecule has 1 rings (SSSR count). The van der Waals surface area contributed by atoms with Crippen LogP contribution in [0.15, 0.2) is 12.1 Å². The van der Waals surface area contributed by atoms with Crippen molar-refractivity contribution in [1.82, 2.24) is 0 Å². The van der Waals surface area contributed by atoms with E-state index in [-0.39, 0.29) is 13.2 Å². The van der Waals surface area contributed by atoms with Crippen LogP contribution in [0.2, 0.25) is 0 Å². The molecule has 0 fully saturated rings. The van der Waals surface area contributed by atoms with Crippen molar-refractivity contribution in [2.24, 2.45) is 5.73 Å². The number of hydrogen-bond donors (Lipinski definition) is 2. The van der Waals surface area contributed by atoms with E-state index in [0.717, 1.165) is 0 Å². The molecule has 0 aliphatic carbocycles. The summed E-state index contributed by atoms with van der Waals surface area (Å²) in [5.74, 6) is 2.04. The summed E-state index contributed by atoms with van der Waals surface area (Å²) in [4.78, 5) is 0. The molecule has 0 heterocycles. The van der Waals surface area contributed by atoms with Crippen LogP contribution in [0.4, 0.5) is 0 Å². The first-order valence-corrected chi connectivity index (χ1v) is 5.45. The fourth-order valence-corrected chi connectivity index (χ4v) is 1.40. The fourth-order valence-electron chi connectivity index (χ4n) is 1.40. The second kappa shape index (κ2) is 6.93. The molecule has 1 atom stereocenters. The van der Waals surface area contributed by atoms with Gasteiger partial charge in [-0.05, 0) is 0 Å². The molecular weight excluding hydrogens is 238 g/mol. The zero-order valence-electron chi connectivity index (χ0n) is 10.8. The minimum Gasteiger partial charge on any atom is -0.493 e. The Kier molecular flexibility index (Phi) is 5.54. The summed E-state index contributed by atoms with van der Waals surface area (Å²) < 4.78 is 21.0. The molecule has 0 spiro atoms. The van der Waals surface area contributed by atoms with Gasteiger partial charge in [0.05, 0.1) is 34.0 Å². The normalized spacial score (nSPS) is 11.8. The lowest BCUT2D eigenvalue weighted by atomic mass is 10.2. The van der Waals surface area contributed by atoms with Crippen molar-refractivity contribution in [3.05, 3.63) is 12.1 Å². The molecule has 3 N–H and O–H groups in total. The van der Waals surface area contributed by atoms with Gasteiger partial charge >= 0.3 is 0 Å². The monoisotopic (exact) mass is 257 g/mol. The molecule has 6 nitrogen and oxygen atoms in total. The third-order valence-electron chi connectivity index (χ3n) is 2.34. The average Bonchev–Trinajstić information content (AvgIpc) is 2.43. The lowest BCUT2D eigenvalue weighted by molar-refractivity contribution is 0.205. The Morgan fingerprint density at radius 1 is 1.11 bits per heavy atom. The van der Waals surface area contributed by atoms with Gasteiger partial charge in [0, 0.05) is 12.1 Å². The first-order valence-electron chi connectivity index (χ1n) is 5.45. The Labute approximate surface area is 106 Å². The van der Waals surface area contributed by atoms with Gasteiger partial charge in [-0.2, -0.15) is 0 Å². The highest BCUT2D eigenvalue weighted by Gasteiger charge is 2.14. The molecule has 0 aliphatic rings. The van der Waals surface area contributed by atoms with Crippen LogP contribution in [0.1, 0.15) is 0 Å². The highest BCUT2D eigenvalue weighted by atomic mass is 16.5. The van der Waals surface area contributed by atoms with Gasteiger partial charge in [-0.15, -0.1) is 0 Å². The molecule has 0 saturated heterocycles. The molecule has 1 aromatic rings. The predicted molar refractivity (Wildman–Crippen MR) is 66.7 cm³/mol. The first kappa shape index (κ1) is 14.4. The minimum atomic E-state index is -0.427. The Morgan fingerprint density at radius 3 is 2.06 bits per heavy atom. The lowest BCUT2D eigenvalue weighted by Gasteiger charge is -2.15. The Hall–Kier alpha value is -1.66. The van der Waals surface area contributed by atoms with Crippen LogP contribution in [-0.2, 0) is 0 Å². The third kappa shape index (κ3) is 3.41. The minimum absolute atomic E-state index is 0.134. The first-order chi connectivity index (χ1) is 8.65. The van der Waals surface area contributed by atoms with Crippen LogP contribution in [0.3, 0.4) is 0 Å². The molecule has 0 bridgehead atoms. The van der Waals surface area contributed by atoms with Crippen molar-refractivity contribution in [3.8, 4) is 23.0 Å². The van der Waals surface area contributed by atoms with Crippen LogP contribution in [0.5, 0.6) is 23.0 Å². The van der Waals surface area contributed by atoms with E-state index < -0.39 is 6.04 Å². The number of aliphatic hydroxyl groups excluding tert-OH is 1. The van der Waals surface area contributed by atoms with E-state index in [1.165, 1.54) is 21.3 Å². The van der Waals surface area contributed by atoms with E-state index in [2.05, 4.69) is 0 Å². The molecule has 1 unspecified atom stereocenters. The van der Waals surface area contributed by atoms with Crippen LogP contribution in [0, 0.1) is 0 Å². The van der Waals surface area contributed by atoms with E-state index in [9.17, 15) is 0 Å². The van der Waals surface area contributed by atoms with Crippen LogP contribution >= 0.6 is 0 Å². The van der Waals surface area contributed by atoms with Gasteiger partial charge in [-0.1, -0.05) is 0 Å². The second-order valence-corrected chi connectivity index (χ2v) is 3.61. The zero-order valence-corrected chi connectivity index (χ0v) is 10.8. The number of rotatable bonds is 7. The van der Waals surface area contributed by atoms with Crippen molar-refractivity contribution in [1.29, 1.82) is 0 Å². The van der Waals surface area contributed by atoms with E-state index in [1.807, 2.05) is 0 Å². The molecule has 0 aromatic heterocycles. The standard InChI is InChI=1S/C12H19NO5/c1-15-10-4-9(18-7-8(13)6-14)5-11(16-2)12(10)17-3/h4-5,8,14H,6-7,13H2,1-3H3.